The standard InChI is InChI=1S/C10H15NO2/c1-6-5-8-9(13-6)3-4-10(8,12)7(2)11/h5,7,12H,3-4,11H2,1-2H3. The van der Waals surface area contributed by atoms with Crippen molar-refractivity contribution in [1.82, 2.24) is 0 Å². The highest BCUT2D eigenvalue weighted by Gasteiger charge is 2.42. The van der Waals surface area contributed by atoms with Gasteiger partial charge in [-0.2, -0.15) is 0 Å². The maximum atomic E-state index is 10.2. The van der Waals surface area contributed by atoms with Gasteiger partial charge >= 0.3 is 0 Å². The Bertz CT molecular complexity index is 330. The molecule has 0 spiro atoms. The van der Waals surface area contributed by atoms with Gasteiger partial charge in [-0.25, -0.2) is 0 Å². The van der Waals surface area contributed by atoms with Crippen molar-refractivity contribution >= 4 is 0 Å². The zero-order chi connectivity index (χ0) is 9.64. The maximum Gasteiger partial charge on any atom is 0.110 e. The summed E-state index contributed by atoms with van der Waals surface area (Å²) in [6.07, 6.45) is 1.47. The minimum Gasteiger partial charge on any atom is -0.466 e. The van der Waals surface area contributed by atoms with Gasteiger partial charge in [0.2, 0.25) is 0 Å². The number of nitrogens with two attached hydrogens (primary N) is 1. The smallest absolute Gasteiger partial charge is 0.110 e. The molecule has 0 aliphatic heterocycles. The van der Waals surface area contributed by atoms with Crippen molar-refractivity contribution in [2.75, 3.05) is 0 Å². The van der Waals surface area contributed by atoms with Crippen LogP contribution in [0, 0.1) is 6.92 Å². The van der Waals surface area contributed by atoms with Crippen LogP contribution in [0.1, 0.15) is 30.4 Å². The van der Waals surface area contributed by atoms with Gasteiger partial charge < -0.3 is 15.3 Å². The maximum absolute atomic E-state index is 10.2. The van der Waals surface area contributed by atoms with Crippen LogP contribution >= 0.6 is 0 Å². The molecule has 0 saturated carbocycles. The van der Waals surface area contributed by atoms with E-state index in [1.54, 1.807) is 0 Å². The summed E-state index contributed by atoms with van der Waals surface area (Å²) in [6.45, 7) is 3.72. The molecule has 3 nitrogen and oxygen atoms in total. The van der Waals surface area contributed by atoms with Crippen molar-refractivity contribution in [2.24, 2.45) is 5.73 Å². The Hall–Kier alpha value is -0.800. The predicted molar refractivity (Wildman–Crippen MR) is 49.3 cm³/mol. The van der Waals surface area contributed by atoms with Gasteiger partial charge in [-0.1, -0.05) is 0 Å². The molecule has 1 heterocycles. The van der Waals surface area contributed by atoms with E-state index in [9.17, 15) is 5.11 Å². The number of furan rings is 1. The summed E-state index contributed by atoms with van der Waals surface area (Å²) < 4.78 is 5.46. The lowest BCUT2D eigenvalue weighted by Crippen LogP contribution is -2.41. The van der Waals surface area contributed by atoms with Crippen molar-refractivity contribution in [3.8, 4) is 0 Å². The highest BCUT2D eigenvalue weighted by Crippen LogP contribution is 2.40. The number of hydrogen-bond acceptors (Lipinski definition) is 3. The Morgan fingerprint density at radius 1 is 1.69 bits per heavy atom. The summed E-state index contributed by atoms with van der Waals surface area (Å²) in [4.78, 5) is 0. The number of hydrogen-bond donors (Lipinski definition) is 2. The molecule has 0 radical (unpaired) electrons. The Morgan fingerprint density at radius 2 is 2.38 bits per heavy atom. The van der Waals surface area contributed by atoms with E-state index < -0.39 is 5.60 Å². The summed E-state index contributed by atoms with van der Waals surface area (Å²) in [6, 6.07) is 1.65. The number of aliphatic hydroxyl groups is 1. The molecule has 3 heteroatoms. The van der Waals surface area contributed by atoms with Gasteiger partial charge in [0.25, 0.3) is 0 Å². The third kappa shape index (κ3) is 1.11. The van der Waals surface area contributed by atoms with Crippen LogP contribution in [0.4, 0.5) is 0 Å². The second-order valence-electron chi connectivity index (χ2n) is 3.91. The molecule has 72 valence electrons. The van der Waals surface area contributed by atoms with Crippen LogP contribution in [-0.4, -0.2) is 11.1 Å². The zero-order valence-electron chi connectivity index (χ0n) is 8.00. The summed E-state index contributed by atoms with van der Waals surface area (Å²) in [5.41, 5.74) is 5.79. The SMILES string of the molecule is Cc1cc2c(o1)CCC2(O)C(C)N. The van der Waals surface area contributed by atoms with Crippen LogP contribution in [0.5, 0.6) is 0 Å². The molecule has 3 N–H and O–H groups in total. The normalized spacial score (nSPS) is 28.9. The van der Waals surface area contributed by atoms with Crippen molar-refractivity contribution in [3.63, 3.8) is 0 Å². The van der Waals surface area contributed by atoms with Crippen LogP contribution in [0.2, 0.25) is 0 Å². The fourth-order valence-electron chi connectivity index (χ4n) is 2.03. The van der Waals surface area contributed by atoms with Gasteiger partial charge in [0.05, 0.1) is 0 Å². The highest BCUT2D eigenvalue weighted by molar-refractivity contribution is 5.34. The van der Waals surface area contributed by atoms with E-state index in [-0.39, 0.29) is 6.04 Å². The Morgan fingerprint density at radius 3 is 3.00 bits per heavy atom. The molecular weight excluding hydrogens is 166 g/mol. The largest absolute Gasteiger partial charge is 0.466 e. The quantitative estimate of drug-likeness (QED) is 0.681. The minimum absolute atomic E-state index is 0.245. The Labute approximate surface area is 77.5 Å². The molecule has 0 saturated heterocycles. The van der Waals surface area contributed by atoms with Crippen LogP contribution < -0.4 is 5.73 Å². The van der Waals surface area contributed by atoms with Crippen molar-refractivity contribution in [3.05, 3.63) is 23.2 Å². The monoisotopic (exact) mass is 181 g/mol. The van der Waals surface area contributed by atoms with Crippen LogP contribution in [0.15, 0.2) is 10.5 Å². The first-order valence-corrected chi connectivity index (χ1v) is 4.62. The molecule has 2 rings (SSSR count). The first-order chi connectivity index (χ1) is 6.04. The number of fused-ring (bicyclic) bond motifs is 1. The average Bonchev–Trinajstić information content (AvgIpc) is 2.53. The van der Waals surface area contributed by atoms with Gasteiger partial charge in [0.1, 0.15) is 17.1 Å². The van der Waals surface area contributed by atoms with E-state index in [0.29, 0.717) is 6.42 Å². The van der Waals surface area contributed by atoms with Gasteiger partial charge in [-0.3, -0.25) is 0 Å². The van der Waals surface area contributed by atoms with Gasteiger partial charge in [0.15, 0.2) is 0 Å². The first kappa shape index (κ1) is 8.78. The van der Waals surface area contributed by atoms with Crippen molar-refractivity contribution in [1.29, 1.82) is 0 Å². The second kappa shape index (κ2) is 2.59. The predicted octanol–water partition coefficient (Wildman–Crippen LogP) is 1.07. The molecule has 1 aliphatic carbocycles. The molecule has 1 aromatic heterocycles. The molecular formula is C10H15NO2. The van der Waals surface area contributed by atoms with E-state index in [2.05, 4.69) is 0 Å². The van der Waals surface area contributed by atoms with Gasteiger partial charge in [-0.05, 0) is 26.3 Å². The second-order valence-corrected chi connectivity index (χ2v) is 3.91. The van der Waals surface area contributed by atoms with Gasteiger partial charge in [0, 0.05) is 18.0 Å². The Kier molecular flexibility index (Phi) is 1.75. The number of rotatable bonds is 1. The lowest BCUT2D eigenvalue weighted by atomic mass is 9.90. The third-order valence-electron chi connectivity index (χ3n) is 2.89. The van der Waals surface area contributed by atoms with Crippen molar-refractivity contribution < 1.29 is 9.52 Å². The van der Waals surface area contributed by atoms with E-state index in [0.717, 1.165) is 23.5 Å². The summed E-state index contributed by atoms with van der Waals surface area (Å²) in [5.74, 6) is 1.75. The third-order valence-corrected chi connectivity index (χ3v) is 2.89. The number of aryl methyl sites for hydroxylation is 2. The van der Waals surface area contributed by atoms with Crippen molar-refractivity contribution in [2.45, 2.75) is 38.3 Å². The summed E-state index contributed by atoms with van der Waals surface area (Å²) in [7, 11) is 0. The van der Waals surface area contributed by atoms with Crippen LogP contribution in [0.3, 0.4) is 0 Å². The fraction of sp³-hybridized carbons (Fsp3) is 0.600. The van der Waals surface area contributed by atoms with E-state index in [1.807, 2.05) is 19.9 Å². The van der Waals surface area contributed by atoms with Gasteiger partial charge in [-0.15, -0.1) is 0 Å². The molecule has 1 aliphatic rings. The molecule has 0 aromatic carbocycles. The lowest BCUT2D eigenvalue weighted by molar-refractivity contribution is 0.0171. The fourth-order valence-corrected chi connectivity index (χ4v) is 2.03. The Balaban J connectivity index is 2.47. The van der Waals surface area contributed by atoms with Crippen LogP contribution in [0.25, 0.3) is 0 Å². The topological polar surface area (TPSA) is 59.4 Å². The first-order valence-electron chi connectivity index (χ1n) is 4.62. The molecule has 13 heavy (non-hydrogen) atoms. The molecule has 0 bridgehead atoms. The van der Waals surface area contributed by atoms with E-state index in [4.69, 9.17) is 10.2 Å². The van der Waals surface area contributed by atoms with E-state index in [1.165, 1.54) is 0 Å². The summed E-state index contributed by atoms with van der Waals surface area (Å²) in [5, 5.41) is 10.2. The highest BCUT2D eigenvalue weighted by atomic mass is 16.3. The lowest BCUT2D eigenvalue weighted by Gasteiger charge is -2.26. The van der Waals surface area contributed by atoms with E-state index >= 15 is 0 Å². The average molecular weight is 181 g/mol. The van der Waals surface area contributed by atoms with Crippen LogP contribution in [-0.2, 0) is 12.0 Å². The summed E-state index contributed by atoms with van der Waals surface area (Å²) >= 11 is 0. The molecule has 0 fully saturated rings. The molecule has 1 aromatic rings. The zero-order valence-corrected chi connectivity index (χ0v) is 8.00. The molecule has 2 unspecified atom stereocenters. The minimum atomic E-state index is -0.868. The molecule has 0 amide bonds. The molecule has 2 atom stereocenters.